The molecule has 0 aliphatic carbocycles. The molecule has 5 heteroatoms. The van der Waals surface area contributed by atoms with Crippen LogP contribution in [-0.2, 0) is 4.74 Å². The van der Waals surface area contributed by atoms with E-state index in [1.54, 1.807) is 18.5 Å². The summed E-state index contributed by atoms with van der Waals surface area (Å²) < 4.78 is 7.26. The van der Waals surface area contributed by atoms with Crippen molar-refractivity contribution in [2.45, 2.75) is 12.5 Å². The molecule has 1 saturated heterocycles. The van der Waals surface area contributed by atoms with Crippen LogP contribution < -0.4 is 0 Å². The van der Waals surface area contributed by atoms with Gasteiger partial charge in [-0.3, -0.25) is 0 Å². The zero-order valence-corrected chi connectivity index (χ0v) is 9.17. The molecule has 1 N–H and O–H groups in total. The molecule has 1 fully saturated rings. The second kappa shape index (κ2) is 3.85. The maximum absolute atomic E-state index is 11.2. The van der Waals surface area contributed by atoms with Crippen LogP contribution >= 0.6 is 0 Å². The zero-order chi connectivity index (χ0) is 11.8. The van der Waals surface area contributed by atoms with Gasteiger partial charge in [-0.1, -0.05) is 6.07 Å². The van der Waals surface area contributed by atoms with Gasteiger partial charge in [0.1, 0.15) is 0 Å². The average molecular weight is 232 g/mol. The van der Waals surface area contributed by atoms with Gasteiger partial charge in [0.2, 0.25) is 0 Å². The lowest BCUT2D eigenvalue weighted by atomic mass is 10.1. The van der Waals surface area contributed by atoms with Crippen LogP contribution in [-0.4, -0.2) is 33.8 Å². The number of aromatic nitrogens is 2. The molecule has 88 valence electrons. The lowest BCUT2D eigenvalue weighted by Crippen LogP contribution is -2.09. The number of ether oxygens (including phenoxy) is 1. The summed E-state index contributed by atoms with van der Waals surface area (Å²) in [5.74, 6) is -0.920. The van der Waals surface area contributed by atoms with Gasteiger partial charge in [-0.15, -0.1) is 0 Å². The van der Waals surface area contributed by atoms with E-state index in [0.717, 1.165) is 18.5 Å². The molecule has 17 heavy (non-hydrogen) atoms. The lowest BCUT2D eigenvalue weighted by Gasteiger charge is -2.11. The Bertz CT molecular complexity index is 570. The standard InChI is InChI=1S/C12H12N2O3/c15-12(16)9-2-1-3-10-11(9)14(7-13-10)8-4-5-17-6-8/h1-3,7-8H,4-6H2,(H,15,16). The van der Waals surface area contributed by atoms with Gasteiger partial charge in [0.25, 0.3) is 0 Å². The summed E-state index contributed by atoms with van der Waals surface area (Å²) in [6.45, 7) is 1.35. The SMILES string of the molecule is O=C(O)c1cccc2ncn(C3CCOC3)c12. The third-order valence-electron chi connectivity index (χ3n) is 3.12. The highest BCUT2D eigenvalue weighted by molar-refractivity contribution is 6.01. The van der Waals surface area contributed by atoms with E-state index in [1.807, 2.05) is 10.6 Å². The second-order valence-electron chi connectivity index (χ2n) is 4.15. The van der Waals surface area contributed by atoms with Gasteiger partial charge in [0.15, 0.2) is 0 Å². The molecule has 1 aromatic carbocycles. The number of nitrogens with zero attached hydrogens (tertiary/aromatic N) is 2. The predicted molar refractivity (Wildman–Crippen MR) is 61.2 cm³/mol. The number of hydrogen-bond acceptors (Lipinski definition) is 3. The van der Waals surface area contributed by atoms with Crippen molar-refractivity contribution in [3.8, 4) is 0 Å². The summed E-state index contributed by atoms with van der Waals surface area (Å²) in [5, 5.41) is 9.20. The summed E-state index contributed by atoms with van der Waals surface area (Å²) in [4.78, 5) is 15.5. The molecular weight excluding hydrogens is 220 g/mol. The Morgan fingerprint density at radius 3 is 3.12 bits per heavy atom. The molecule has 0 bridgehead atoms. The Hall–Kier alpha value is -1.88. The highest BCUT2D eigenvalue weighted by Crippen LogP contribution is 2.26. The summed E-state index contributed by atoms with van der Waals surface area (Å²) in [7, 11) is 0. The first-order chi connectivity index (χ1) is 8.27. The van der Waals surface area contributed by atoms with Crippen LogP contribution in [0.3, 0.4) is 0 Å². The Balaban J connectivity index is 2.21. The summed E-state index contributed by atoms with van der Waals surface area (Å²) in [5.41, 5.74) is 1.71. The third kappa shape index (κ3) is 1.59. The Kier molecular flexibility index (Phi) is 2.33. The summed E-state index contributed by atoms with van der Waals surface area (Å²) >= 11 is 0. The Morgan fingerprint density at radius 1 is 1.53 bits per heavy atom. The van der Waals surface area contributed by atoms with E-state index in [1.165, 1.54) is 0 Å². The molecule has 3 rings (SSSR count). The van der Waals surface area contributed by atoms with E-state index in [-0.39, 0.29) is 6.04 Å². The van der Waals surface area contributed by atoms with Crippen LogP contribution in [0.4, 0.5) is 0 Å². The van der Waals surface area contributed by atoms with Crippen LogP contribution in [0.1, 0.15) is 22.8 Å². The van der Waals surface area contributed by atoms with Gasteiger partial charge in [0, 0.05) is 6.61 Å². The maximum Gasteiger partial charge on any atom is 0.337 e. The molecule has 0 amide bonds. The van der Waals surface area contributed by atoms with E-state index in [0.29, 0.717) is 17.7 Å². The first-order valence-corrected chi connectivity index (χ1v) is 5.54. The van der Waals surface area contributed by atoms with E-state index < -0.39 is 5.97 Å². The number of carboxylic acid groups (broad SMARTS) is 1. The molecule has 2 heterocycles. The molecule has 1 aliphatic heterocycles. The number of imidazole rings is 1. The van der Waals surface area contributed by atoms with Crippen LogP contribution in [0, 0.1) is 0 Å². The predicted octanol–water partition coefficient (Wildman–Crippen LogP) is 1.70. The molecule has 0 radical (unpaired) electrons. The summed E-state index contributed by atoms with van der Waals surface area (Å²) in [6, 6.07) is 5.35. The van der Waals surface area contributed by atoms with Crippen molar-refractivity contribution in [2.24, 2.45) is 0 Å². The van der Waals surface area contributed by atoms with Crippen LogP contribution in [0.15, 0.2) is 24.5 Å². The number of rotatable bonds is 2. The maximum atomic E-state index is 11.2. The largest absolute Gasteiger partial charge is 0.478 e. The highest BCUT2D eigenvalue weighted by atomic mass is 16.5. The number of hydrogen-bond donors (Lipinski definition) is 1. The third-order valence-corrected chi connectivity index (χ3v) is 3.12. The minimum atomic E-state index is -0.920. The minimum absolute atomic E-state index is 0.195. The molecule has 2 aromatic rings. The van der Waals surface area contributed by atoms with Gasteiger partial charge in [-0.25, -0.2) is 9.78 Å². The molecule has 0 spiro atoms. The topological polar surface area (TPSA) is 64.3 Å². The number of para-hydroxylation sites is 1. The number of benzene rings is 1. The molecule has 1 aromatic heterocycles. The molecule has 1 atom stereocenters. The van der Waals surface area contributed by atoms with Crippen LogP contribution in [0.2, 0.25) is 0 Å². The molecule has 5 nitrogen and oxygen atoms in total. The van der Waals surface area contributed by atoms with Crippen LogP contribution in [0.5, 0.6) is 0 Å². The van der Waals surface area contributed by atoms with E-state index in [9.17, 15) is 9.90 Å². The van der Waals surface area contributed by atoms with Gasteiger partial charge >= 0.3 is 5.97 Å². The molecule has 1 aliphatic rings. The molecular formula is C12H12N2O3. The van der Waals surface area contributed by atoms with Crippen molar-refractivity contribution in [1.29, 1.82) is 0 Å². The van der Waals surface area contributed by atoms with E-state index in [2.05, 4.69) is 4.98 Å². The van der Waals surface area contributed by atoms with Crippen molar-refractivity contribution in [1.82, 2.24) is 9.55 Å². The second-order valence-corrected chi connectivity index (χ2v) is 4.15. The van der Waals surface area contributed by atoms with Crippen molar-refractivity contribution >= 4 is 17.0 Å². The van der Waals surface area contributed by atoms with E-state index in [4.69, 9.17) is 4.74 Å². The monoisotopic (exact) mass is 232 g/mol. The van der Waals surface area contributed by atoms with Crippen molar-refractivity contribution in [2.75, 3.05) is 13.2 Å². The fraction of sp³-hybridized carbons (Fsp3) is 0.333. The van der Waals surface area contributed by atoms with E-state index >= 15 is 0 Å². The molecule has 0 saturated carbocycles. The quantitative estimate of drug-likeness (QED) is 0.855. The smallest absolute Gasteiger partial charge is 0.337 e. The first-order valence-electron chi connectivity index (χ1n) is 5.54. The normalized spacial score (nSPS) is 19.9. The lowest BCUT2D eigenvalue weighted by molar-refractivity contribution is 0.0698. The number of carboxylic acids is 1. The molecule has 1 unspecified atom stereocenters. The highest BCUT2D eigenvalue weighted by Gasteiger charge is 2.22. The fourth-order valence-electron chi connectivity index (χ4n) is 2.28. The fourth-order valence-corrected chi connectivity index (χ4v) is 2.28. The van der Waals surface area contributed by atoms with Gasteiger partial charge in [-0.2, -0.15) is 0 Å². The minimum Gasteiger partial charge on any atom is -0.478 e. The van der Waals surface area contributed by atoms with Gasteiger partial charge in [-0.05, 0) is 18.6 Å². The number of aromatic carboxylic acids is 1. The van der Waals surface area contributed by atoms with Gasteiger partial charge < -0.3 is 14.4 Å². The summed E-state index contributed by atoms with van der Waals surface area (Å²) in [6.07, 6.45) is 2.61. The number of fused-ring (bicyclic) bond motifs is 1. The van der Waals surface area contributed by atoms with Gasteiger partial charge in [0.05, 0.1) is 35.6 Å². The zero-order valence-electron chi connectivity index (χ0n) is 9.17. The first kappa shape index (κ1) is 10.3. The van der Waals surface area contributed by atoms with Crippen molar-refractivity contribution in [3.63, 3.8) is 0 Å². The average Bonchev–Trinajstić information content (AvgIpc) is 2.96. The Labute approximate surface area is 97.6 Å². The van der Waals surface area contributed by atoms with Crippen LogP contribution in [0.25, 0.3) is 11.0 Å². The Morgan fingerprint density at radius 2 is 2.41 bits per heavy atom. The van der Waals surface area contributed by atoms with Crippen molar-refractivity contribution < 1.29 is 14.6 Å². The van der Waals surface area contributed by atoms with Crippen molar-refractivity contribution in [3.05, 3.63) is 30.1 Å². The number of carbonyl (C=O) groups is 1.